The van der Waals surface area contributed by atoms with Gasteiger partial charge in [0.2, 0.25) is 0 Å². The maximum absolute atomic E-state index is 11.3. The smallest absolute Gasteiger partial charge is 0.380 e. The van der Waals surface area contributed by atoms with E-state index in [1.807, 2.05) is 12.1 Å². The van der Waals surface area contributed by atoms with Crippen molar-refractivity contribution in [3.05, 3.63) is 24.5 Å². The van der Waals surface area contributed by atoms with Crippen LogP contribution in [-0.2, 0) is 0 Å². The Morgan fingerprint density at radius 1 is 1.41 bits per heavy atom. The van der Waals surface area contributed by atoms with Crippen LogP contribution in [0.1, 0.15) is 0 Å². The maximum atomic E-state index is 11.3. The first kappa shape index (κ1) is 11.5. The van der Waals surface area contributed by atoms with Gasteiger partial charge in [-0.2, -0.15) is 0 Å². The number of hydrogen-bond acceptors (Lipinski definition) is 6. The molecular formula is C10H10N4O2S. The number of pyridine rings is 1. The summed E-state index contributed by atoms with van der Waals surface area (Å²) in [7, 11) is 3.21. The van der Waals surface area contributed by atoms with Gasteiger partial charge in [-0.05, 0) is 12.1 Å². The molecule has 0 spiro atoms. The molecule has 17 heavy (non-hydrogen) atoms. The van der Waals surface area contributed by atoms with Crippen molar-refractivity contribution in [3.63, 3.8) is 0 Å². The van der Waals surface area contributed by atoms with Crippen molar-refractivity contribution in [2.24, 2.45) is 0 Å². The van der Waals surface area contributed by atoms with Crippen LogP contribution in [0, 0.1) is 0 Å². The average molecular weight is 250 g/mol. The van der Waals surface area contributed by atoms with Crippen LogP contribution in [0.3, 0.4) is 0 Å². The lowest BCUT2D eigenvalue weighted by molar-refractivity contribution is 0.171. The van der Waals surface area contributed by atoms with E-state index in [-0.39, 0.29) is 5.19 Å². The Kier molecular flexibility index (Phi) is 3.29. The number of nitrogens with zero attached hydrogens (tertiary/aromatic N) is 4. The van der Waals surface area contributed by atoms with Gasteiger partial charge in [0.05, 0.1) is 0 Å². The molecule has 1 amide bonds. The van der Waals surface area contributed by atoms with Crippen LogP contribution in [0.4, 0.5) is 4.79 Å². The second-order valence-electron chi connectivity index (χ2n) is 3.38. The van der Waals surface area contributed by atoms with Gasteiger partial charge in [0.25, 0.3) is 0 Å². The SMILES string of the molecule is CN(C)C(=O)Oc1nnc(-c2cccnc2)s1. The topological polar surface area (TPSA) is 68.2 Å². The van der Waals surface area contributed by atoms with Gasteiger partial charge in [0.15, 0.2) is 5.01 Å². The summed E-state index contributed by atoms with van der Waals surface area (Å²) in [5.74, 6) is 0. The molecule has 2 aromatic rings. The number of carbonyl (C=O) groups excluding carboxylic acids is 1. The van der Waals surface area contributed by atoms with Crippen LogP contribution < -0.4 is 4.74 Å². The van der Waals surface area contributed by atoms with E-state index < -0.39 is 6.09 Å². The van der Waals surface area contributed by atoms with Crippen molar-refractivity contribution in [2.45, 2.75) is 0 Å². The van der Waals surface area contributed by atoms with Crippen LogP contribution in [0.15, 0.2) is 24.5 Å². The first-order valence-corrected chi connectivity index (χ1v) is 5.61. The Morgan fingerprint density at radius 2 is 2.24 bits per heavy atom. The lowest BCUT2D eigenvalue weighted by Crippen LogP contribution is -2.25. The van der Waals surface area contributed by atoms with Crippen LogP contribution in [0.25, 0.3) is 10.6 Å². The molecule has 0 N–H and O–H groups in total. The van der Waals surface area contributed by atoms with E-state index in [0.717, 1.165) is 5.56 Å². The van der Waals surface area contributed by atoms with Crippen molar-refractivity contribution in [1.82, 2.24) is 20.1 Å². The fourth-order valence-electron chi connectivity index (χ4n) is 1.02. The minimum Gasteiger partial charge on any atom is -0.380 e. The van der Waals surface area contributed by atoms with Gasteiger partial charge in [-0.25, -0.2) is 4.79 Å². The van der Waals surface area contributed by atoms with Crippen molar-refractivity contribution in [1.29, 1.82) is 0 Å². The molecule has 0 saturated carbocycles. The Balaban J connectivity index is 2.14. The number of carbonyl (C=O) groups is 1. The van der Waals surface area contributed by atoms with E-state index in [2.05, 4.69) is 15.2 Å². The molecule has 0 aliphatic heterocycles. The fourth-order valence-corrected chi connectivity index (χ4v) is 1.70. The Hall–Kier alpha value is -2.02. The first-order valence-electron chi connectivity index (χ1n) is 4.80. The number of aromatic nitrogens is 3. The molecule has 0 atom stereocenters. The highest BCUT2D eigenvalue weighted by Crippen LogP contribution is 2.27. The van der Waals surface area contributed by atoms with Crippen LogP contribution in [-0.4, -0.2) is 40.3 Å². The van der Waals surface area contributed by atoms with Gasteiger partial charge >= 0.3 is 11.3 Å². The quantitative estimate of drug-likeness (QED) is 0.810. The summed E-state index contributed by atoms with van der Waals surface area (Å²) >= 11 is 1.20. The summed E-state index contributed by atoms with van der Waals surface area (Å²) < 4.78 is 4.99. The molecule has 0 bridgehead atoms. The van der Waals surface area contributed by atoms with Gasteiger partial charge in [0, 0.05) is 32.1 Å². The van der Waals surface area contributed by atoms with Gasteiger partial charge in [-0.1, -0.05) is 16.4 Å². The third kappa shape index (κ3) is 2.76. The Bertz CT molecular complexity index is 512. The molecule has 6 nitrogen and oxygen atoms in total. The summed E-state index contributed by atoms with van der Waals surface area (Å²) in [4.78, 5) is 16.6. The van der Waals surface area contributed by atoms with Crippen molar-refractivity contribution in [3.8, 4) is 15.8 Å². The van der Waals surface area contributed by atoms with E-state index in [4.69, 9.17) is 4.74 Å². The molecule has 2 aromatic heterocycles. The van der Waals surface area contributed by atoms with E-state index in [9.17, 15) is 4.79 Å². The zero-order valence-electron chi connectivity index (χ0n) is 9.32. The summed E-state index contributed by atoms with van der Waals surface area (Å²) in [6.07, 6.45) is 2.88. The summed E-state index contributed by atoms with van der Waals surface area (Å²) in [5.41, 5.74) is 0.845. The summed E-state index contributed by atoms with van der Waals surface area (Å²) in [6, 6.07) is 3.67. The molecule has 0 aliphatic carbocycles. The largest absolute Gasteiger partial charge is 0.416 e. The number of ether oxygens (including phenoxy) is 1. The zero-order valence-corrected chi connectivity index (χ0v) is 10.1. The van der Waals surface area contributed by atoms with E-state index in [1.54, 1.807) is 26.5 Å². The molecule has 0 aliphatic rings. The molecule has 2 heterocycles. The summed E-state index contributed by atoms with van der Waals surface area (Å²) in [6.45, 7) is 0. The molecular weight excluding hydrogens is 240 g/mol. The second kappa shape index (κ2) is 4.88. The third-order valence-corrected chi connectivity index (χ3v) is 2.71. The molecule has 0 saturated heterocycles. The Labute approximate surface area is 102 Å². The number of rotatable bonds is 2. The minimum absolute atomic E-state index is 0.225. The van der Waals surface area contributed by atoms with Gasteiger partial charge in [-0.15, -0.1) is 5.10 Å². The van der Waals surface area contributed by atoms with Gasteiger partial charge in [-0.3, -0.25) is 4.98 Å². The molecule has 0 unspecified atom stereocenters. The van der Waals surface area contributed by atoms with Crippen LogP contribution >= 0.6 is 11.3 Å². The number of hydrogen-bond donors (Lipinski definition) is 0. The predicted molar refractivity (Wildman–Crippen MR) is 62.9 cm³/mol. The average Bonchev–Trinajstić information content (AvgIpc) is 2.78. The minimum atomic E-state index is -0.473. The standard InChI is InChI=1S/C10H10N4O2S/c1-14(2)10(15)16-9-13-12-8(17-9)7-4-3-5-11-6-7/h3-6H,1-2H3. The lowest BCUT2D eigenvalue weighted by Gasteiger charge is -2.07. The van der Waals surface area contributed by atoms with E-state index >= 15 is 0 Å². The maximum Gasteiger partial charge on any atom is 0.416 e. The Morgan fingerprint density at radius 3 is 2.88 bits per heavy atom. The highest BCUT2D eigenvalue weighted by molar-refractivity contribution is 7.16. The van der Waals surface area contributed by atoms with Crippen molar-refractivity contribution < 1.29 is 9.53 Å². The molecule has 7 heteroatoms. The zero-order chi connectivity index (χ0) is 12.3. The molecule has 0 radical (unpaired) electrons. The van der Waals surface area contributed by atoms with Crippen molar-refractivity contribution >= 4 is 17.4 Å². The monoisotopic (exact) mass is 250 g/mol. The highest BCUT2D eigenvalue weighted by Gasteiger charge is 2.12. The first-order chi connectivity index (χ1) is 8.16. The van der Waals surface area contributed by atoms with E-state index in [1.165, 1.54) is 16.2 Å². The number of amides is 1. The fraction of sp³-hybridized carbons (Fsp3) is 0.200. The molecule has 88 valence electrons. The van der Waals surface area contributed by atoms with Crippen LogP contribution in [0.2, 0.25) is 0 Å². The molecule has 0 aromatic carbocycles. The molecule has 2 rings (SSSR count). The second-order valence-corrected chi connectivity index (χ2v) is 4.32. The van der Waals surface area contributed by atoms with E-state index in [0.29, 0.717) is 5.01 Å². The third-order valence-electron chi connectivity index (χ3n) is 1.85. The summed E-state index contributed by atoms with van der Waals surface area (Å²) in [5, 5.41) is 8.61. The van der Waals surface area contributed by atoms with Crippen LogP contribution in [0.5, 0.6) is 5.19 Å². The predicted octanol–water partition coefficient (Wildman–Crippen LogP) is 1.66. The van der Waals surface area contributed by atoms with Crippen molar-refractivity contribution in [2.75, 3.05) is 14.1 Å². The molecule has 0 fully saturated rings. The lowest BCUT2D eigenvalue weighted by atomic mass is 10.3. The van der Waals surface area contributed by atoms with Gasteiger partial charge in [0.1, 0.15) is 0 Å². The van der Waals surface area contributed by atoms with Gasteiger partial charge < -0.3 is 9.64 Å². The normalized spacial score (nSPS) is 10.0. The highest BCUT2D eigenvalue weighted by atomic mass is 32.1.